The summed E-state index contributed by atoms with van der Waals surface area (Å²) in [5, 5.41) is 0.679. The SMILES string of the molecule is CSN1CCC(N2C(=O)OCc3cc(Cl)ccc32)CC1.Cn1ccnc1. The van der Waals surface area contributed by atoms with E-state index in [9.17, 15) is 4.79 Å². The van der Waals surface area contributed by atoms with Gasteiger partial charge in [-0.05, 0) is 37.3 Å². The molecule has 26 heavy (non-hydrogen) atoms. The average molecular weight is 395 g/mol. The highest BCUT2D eigenvalue weighted by Gasteiger charge is 2.34. The van der Waals surface area contributed by atoms with E-state index < -0.39 is 0 Å². The Morgan fingerprint density at radius 2 is 2.08 bits per heavy atom. The fourth-order valence-corrected chi connectivity index (χ4v) is 3.94. The third kappa shape index (κ3) is 4.52. The van der Waals surface area contributed by atoms with Crippen LogP contribution in [0.25, 0.3) is 0 Å². The molecule has 0 saturated carbocycles. The van der Waals surface area contributed by atoms with Crippen molar-refractivity contribution in [3.63, 3.8) is 0 Å². The van der Waals surface area contributed by atoms with Crippen molar-refractivity contribution in [1.82, 2.24) is 13.9 Å². The molecule has 2 aromatic rings. The first kappa shape index (κ1) is 19.1. The van der Waals surface area contributed by atoms with Crippen LogP contribution in [0.2, 0.25) is 5.02 Å². The Morgan fingerprint density at radius 1 is 1.31 bits per heavy atom. The number of ether oxygens (including phenoxy) is 1. The molecule has 2 aliphatic heterocycles. The number of anilines is 1. The van der Waals surface area contributed by atoms with E-state index in [0.717, 1.165) is 37.2 Å². The van der Waals surface area contributed by atoms with Crippen LogP contribution in [-0.2, 0) is 18.4 Å². The number of hydrogen-bond acceptors (Lipinski definition) is 5. The highest BCUT2D eigenvalue weighted by atomic mass is 35.5. The second kappa shape index (κ2) is 8.79. The van der Waals surface area contributed by atoms with Crippen LogP contribution in [0.5, 0.6) is 0 Å². The third-order valence-corrected chi connectivity index (χ3v) is 5.65. The first-order valence-corrected chi connectivity index (χ1v) is 10.1. The van der Waals surface area contributed by atoms with Gasteiger partial charge in [0.2, 0.25) is 0 Å². The summed E-state index contributed by atoms with van der Waals surface area (Å²) in [6, 6.07) is 5.86. The third-order valence-electron chi connectivity index (χ3n) is 4.53. The quantitative estimate of drug-likeness (QED) is 0.721. The maximum Gasteiger partial charge on any atom is 0.414 e. The summed E-state index contributed by atoms with van der Waals surface area (Å²) in [6.45, 7) is 2.31. The Morgan fingerprint density at radius 3 is 2.65 bits per heavy atom. The number of imidazole rings is 1. The minimum atomic E-state index is -0.234. The highest BCUT2D eigenvalue weighted by Crippen LogP contribution is 2.34. The zero-order valence-corrected chi connectivity index (χ0v) is 16.5. The Balaban J connectivity index is 0.000000278. The molecule has 1 aromatic heterocycles. The fraction of sp³-hybridized carbons (Fsp3) is 0.444. The fourth-order valence-electron chi connectivity index (χ4n) is 3.17. The molecular formula is C18H23ClN4O2S. The molecule has 140 valence electrons. The molecule has 4 rings (SSSR count). The van der Waals surface area contributed by atoms with Gasteiger partial charge >= 0.3 is 6.09 Å². The highest BCUT2D eigenvalue weighted by molar-refractivity contribution is 7.96. The number of rotatable bonds is 2. The maximum atomic E-state index is 12.1. The average Bonchev–Trinajstić information content (AvgIpc) is 3.13. The van der Waals surface area contributed by atoms with Crippen molar-refractivity contribution < 1.29 is 9.53 Å². The number of carbonyl (C=O) groups is 1. The number of nitrogens with zero attached hydrogens (tertiary/aromatic N) is 4. The van der Waals surface area contributed by atoms with Gasteiger partial charge in [0, 0.05) is 49.2 Å². The number of carbonyl (C=O) groups excluding carboxylic acids is 1. The number of aromatic nitrogens is 2. The predicted molar refractivity (Wildman–Crippen MR) is 105 cm³/mol. The lowest BCUT2D eigenvalue weighted by atomic mass is 10.0. The van der Waals surface area contributed by atoms with E-state index in [4.69, 9.17) is 16.3 Å². The molecule has 1 amide bonds. The minimum absolute atomic E-state index is 0.214. The van der Waals surface area contributed by atoms with Crippen LogP contribution in [0.15, 0.2) is 36.9 Å². The second-order valence-electron chi connectivity index (χ2n) is 6.27. The van der Waals surface area contributed by atoms with Crippen LogP contribution in [-0.4, -0.2) is 45.3 Å². The van der Waals surface area contributed by atoms with Gasteiger partial charge in [-0.15, -0.1) is 0 Å². The summed E-state index contributed by atoms with van der Waals surface area (Å²) in [5.74, 6) is 0. The standard InChI is InChI=1S/C14H17ClN2O2S.C4H6N2/c1-20-16-6-4-12(5-7-16)17-13-3-2-11(15)8-10(13)9-19-14(17)18;1-6-3-2-5-4-6/h2-3,8,12H,4-7,9H2,1H3;2-4H,1H3. The summed E-state index contributed by atoms with van der Waals surface area (Å²) in [5.41, 5.74) is 1.94. The zero-order valence-electron chi connectivity index (χ0n) is 15.0. The van der Waals surface area contributed by atoms with Crippen LogP contribution < -0.4 is 4.90 Å². The molecule has 0 unspecified atom stereocenters. The largest absolute Gasteiger partial charge is 0.444 e. The molecule has 3 heterocycles. The van der Waals surface area contributed by atoms with E-state index in [1.54, 1.807) is 24.5 Å². The number of amides is 1. The number of benzene rings is 1. The van der Waals surface area contributed by atoms with Gasteiger partial charge in [0.1, 0.15) is 6.61 Å². The summed E-state index contributed by atoms with van der Waals surface area (Å²) in [6.07, 6.45) is 9.19. The van der Waals surface area contributed by atoms with Crippen molar-refractivity contribution >= 4 is 35.3 Å². The molecule has 1 saturated heterocycles. The topological polar surface area (TPSA) is 50.6 Å². The molecule has 1 aromatic carbocycles. The van der Waals surface area contributed by atoms with Gasteiger partial charge in [0.25, 0.3) is 0 Å². The van der Waals surface area contributed by atoms with Crippen molar-refractivity contribution in [2.75, 3.05) is 24.2 Å². The van der Waals surface area contributed by atoms with Gasteiger partial charge < -0.3 is 9.30 Å². The monoisotopic (exact) mass is 394 g/mol. The van der Waals surface area contributed by atoms with E-state index in [1.807, 2.05) is 40.9 Å². The van der Waals surface area contributed by atoms with Crippen LogP contribution in [0.4, 0.5) is 10.5 Å². The smallest absolute Gasteiger partial charge is 0.414 e. The van der Waals surface area contributed by atoms with Crippen LogP contribution >= 0.6 is 23.5 Å². The lowest BCUT2D eigenvalue weighted by Crippen LogP contribution is -2.48. The molecule has 2 aliphatic rings. The maximum absolute atomic E-state index is 12.1. The number of halogens is 1. The molecule has 0 atom stereocenters. The normalized spacial score (nSPS) is 18.0. The Kier molecular flexibility index (Phi) is 6.45. The molecule has 0 aliphatic carbocycles. The van der Waals surface area contributed by atoms with Gasteiger partial charge in [-0.1, -0.05) is 23.5 Å². The molecule has 0 spiro atoms. The molecule has 0 bridgehead atoms. The van der Waals surface area contributed by atoms with Crippen molar-refractivity contribution in [2.45, 2.75) is 25.5 Å². The van der Waals surface area contributed by atoms with Gasteiger partial charge in [-0.2, -0.15) is 0 Å². The number of fused-ring (bicyclic) bond motifs is 1. The molecule has 0 radical (unpaired) electrons. The summed E-state index contributed by atoms with van der Waals surface area (Å²) >= 11 is 7.78. The summed E-state index contributed by atoms with van der Waals surface area (Å²) in [7, 11) is 1.94. The van der Waals surface area contributed by atoms with E-state index in [2.05, 4.69) is 15.5 Å². The van der Waals surface area contributed by atoms with Crippen molar-refractivity contribution in [3.05, 3.63) is 47.5 Å². The van der Waals surface area contributed by atoms with Gasteiger partial charge in [-0.25, -0.2) is 9.78 Å². The van der Waals surface area contributed by atoms with E-state index in [0.29, 0.717) is 11.6 Å². The predicted octanol–water partition coefficient (Wildman–Crippen LogP) is 3.96. The molecule has 1 fully saturated rings. The van der Waals surface area contributed by atoms with E-state index in [1.165, 1.54) is 0 Å². The Bertz CT molecular complexity index is 733. The number of aryl methyl sites for hydroxylation is 1. The van der Waals surface area contributed by atoms with Gasteiger partial charge in [-0.3, -0.25) is 9.21 Å². The molecule has 8 heteroatoms. The molecule has 0 N–H and O–H groups in total. The van der Waals surface area contributed by atoms with Crippen molar-refractivity contribution in [3.8, 4) is 0 Å². The lowest BCUT2D eigenvalue weighted by Gasteiger charge is -2.39. The number of cyclic esters (lactones) is 1. The van der Waals surface area contributed by atoms with Crippen LogP contribution in [0.1, 0.15) is 18.4 Å². The van der Waals surface area contributed by atoms with Crippen molar-refractivity contribution in [1.29, 1.82) is 0 Å². The molecule has 6 nitrogen and oxygen atoms in total. The summed E-state index contributed by atoms with van der Waals surface area (Å²) in [4.78, 5) is 17.7. The lowest BCUT2D eigenvalue weighted by molar-refractivity contribution is 0.136. The van der Waals surface area contributed by atoms with Crippen LogP contribution in [0.3, 0.4) is 0 Å². The van der Waals surface area contributed by atoms with Crippen molar-refractivity contribution in [2.24, 2.45) is 7.05 Å². The number of piperidine rings is 1. The minimum Gasteiger partial charge on any atom is -0.444 e. The zero-order chi connectivity index (χ0) is 18.5. The molecular weight excluding hydrogens is 372 g/mol. The van der Waals surface area contributed by atoms with Gasteiger partial charge in [0.05, 0.1) is 12.0 Å². The first-order chi connectivity index (χ1) is 12.6. The number of hydrogen-bond donors (Lipinski definition) is 0. The Labute approximate surface area is 163 Å². The second-order valence-corrected chi connectivity index (χ2v) is 7.59. The van der Waals surface area contributed by atoms with Crippen LogP contribution in [0, 0.1) is 0 Å². The Hall–Kier alpha value is -1.70. The van der Waals surface area contributed by atoms with E-state index in [-0.39, 0.29) is 12.1 Å². The van der Waals surface area contributed by atoms with Gasteiger partial charge in [0.15, 0.2) is 0 Å². The summed E-state index contributed by atoms with van der Waals surface area (Å²) < 4.78 is 9.50. The van der Waals surface area contributed by atoms with E-state index >= 15 is 0 Å². The first-order valence-electron chi connectivity index (χ1n) is 8.54.